The van der Waals surface area contributed by atoms with Crippen molar-refractivity contribution in [1.29, 1.82) is 0 Å². The normalized spacial score (nSPS) is 8.94. The quantitative estimate of drug-likeness (QED) is 0.0432. The van der Waals surface area contributed by atoms with Crippen LogP contribution in [0.15, 0.2) is 0 Å². The standard InChI is InChI=1S/C10H20O4.3C6H10O3.C4H6O3.CH3.2Al.5H/c1-3-5-7-13-10(9(11)12)14-8-6-4-2;3*1-2-3-5(7)4-6(8)9;1-3(5)2-4(6)7;;;;;;;;/h10H,3-8H2,1-2H3,(H,11,12);3*2-4H2,1H3,(H,8,9);2H2,1H3,(H,6,7);1H3;;;;;;;. The highest BCUT2D eigenvalue weighted by molar-refractivity contribution is 6.05. The van der Waals surface area contributed by atoms with Gasteiger partial charge in [-0.15, -0.1) is 5.79 Å². The number of aliphatic carboxylic acids is 5. The summed E-state index contributed by atoms with van der Waals surface area (Å²) in [6.07, 6.45) is 4.60. The lowest BCUT2D eigenvalue weighted by atomic mass is 10.2. The van der Waals surface area contributed by atoms with Gasteiger partial charge < -0.3 is 35.0 Å². The number of carboxylic acid groups (broad SMARTS) is 5. The van der Waals surface area contributed by atoms with Gasteiger partial charge in [-0.3, -0.25) is 38.4 Å². The van der Waals surface area contributed by atoms with Gasteiger partial charge >= 0.3 is 29.8 Å². The zero-order valence-corrected chi connectivity index (χ0v) is 33.1. The molecule has 0 bridgehead atoms. The fourth-order valence-corrected chi connectivity index (χ4v) is 2.68. The average molecular weight is 771 g/mol. The van der Waals surface area contributed by atoms with Gasteiger partial charge in [0.15, 0.2) is 17.4 Å². The lowest BCUT2D eigenvalue weighted by Gasteiger charge is -2.13. The molecule has 18 heteroatoms. The molecule has 0 saturated heterocycles. The first-order valence-electron chi connectivity index (χ1n) is 16.7. The number of rotatable bonds is 23. The van der Waals surface area contributed by atoms with Gasteiger partial charge in [-0.2, -0.15) is 0 Å². The summed E-state index contributed by atoms with van der Waals surface area (Å²) in [6.45, 7) is 11.7. The number of unbranched alkanes of at least 4 members (excludes halogenated alkanes) is 2. The first-order chi connectivity index (χ1) is 23.3. The molecule has 298 valence electrons. The zero-order chi connectivity index (χ0) is 40.5. The Hall–Kier alpha value is -2.99. The summed E-state index contributed by atoms with van der Waals surface area (Å²) >= 11 is 1.31. The number of carbonyl (C=O) groups is 9. The minimum atomic E-state index is -1.09. The monoisotopic (exact) mass is 770 g/mol. The summed E-state index contributed by atoms with van der Waals surface area (Å²) in [5, 5.41) is 40.9. The van der Waals surface area contributed by atoms with E-state index in [1.165, 1.54) is 23.2 Å². The van der Waals surface area contributed by atoms with Gasteiger partial charge in [-0.1, -0.05) is 47.5 Å². The van der Waals surface area contributed by atoms with Crippen molar-refractivity contribution in [1.82, 2.24) is 0 Å². The molecule has 0 spiro atoms. The number of carboxylic acids is 5. The van der Waals surface area contributed by atoms with Crippen LogP contribution in [0.1, 0.15) is 131 Å². The summed E-state index contributed by atoms with van der Waals surface area (Å²) in [4.78, 5) is 91.1. The third-order valence-electron chi connectivity index (χ3n) is 4.77. The van der Waals surface area contributed by atoms with Gasteiger partial charge in [-0.05, 0) is 39.0 Å². The number of ether oxygens (including phenoxy) is 2. The maximum absolute atomic E-state index is 10.6. The van der Waals surface area contributed by atoms with E-state index < -0.39 is 36.1 Å². The van der Waals surface area contributed by atoms with E-state index in [0.29, 0.717) is 32.5 Å². The van der Waals surface area contributed by atoms with Crippen LogP contribution in [0.2, 0.25) is 5.79 Å². The van der Waals surface area contributed by atoms with Crippen LogP contribution in [0.4, 0.5) is 0 Å². The van der Waals surface area contributed by atoms with Crippen molar-refractivity contribution < 1.29 is 78.2 Å². The van der Waals surface area contributed by atoms with Crippen molar-refractivity contribution in [3.8, 4) is 0 Å². The summed E-state index contributed by atoms with van der Waals surface area (Å²) in [6, 6.07) is 0. The van der Waals surface area contributed by atoms with Crippen molar-refractivity contribution in [2.24, 2.45) is 0 Å². The van der Waals surface area contributed by atoms with E-state index in [1.54, 1.807) is 0 Å². The molecule has 0 saturated carbocycles. The van der Waals surface area contributed by atoms with Crippen LogP contribution in [-0.2, 0) is 52.6 Å². The first kappa shape index (κ1) is 63.1. The summed E-state index contributed by atoms with van der Waals surface area (Å²) in [7, 11) is 0. The third kappa shape index (κ3) is 73.4. The smallest absolute Gasteiger partial charge is 0.361 e. The molecule has 0 aliphatic carbocycles. The lowest BCUT2D eigenvalue weighted by molar-refractivity contribution is -0.189. The van der Waals surface area contributed by atoms with Crippen LogP contribution < -0.4 is 0 Å². The van der Waals surface area contributed by atoms with E-state index in [2.05, 4.69) is 5.79 Å². The average Bonchev–Trinajstić information content (AvgIpc) is 2.97. The topological polar surface area (TPSA) is 273 Å². The first-order valence-corrected chi connectivity index (χ1v) is 18.7. The molecule has 0 fully saturated rings. The Morgan fingerprint density at radius 1 is 0.490 bits per heavy atom. The number of hydrogen-bond donors (Lipinski definition) is 5. The molecule has 0 aliphatic rings. The molecular weight excluding hydrogens is 706 g/mol. The van der Waals surface area contributed by atoms with E-state index in [-0.39, 0.29) is 66.2 Å². The Labute approximate surface area is 320 Å². The minimum Gasteiger partial charge on any atom is -0.481 e. The second-order valence-corrected chi connectivity index (χ2v) is 9.97. The third-order valence-corrected chi connectivity index (χ3v) is 4.77. The number of ketones is 4. The molecule has 5 N–H and O–H groups in total. The van der Waals surface area contributed by atoms with Gasteiger partial charge in [0.25, 0.3) is 6.29 Å². The molecular formula is C33H64Al2O16. The molecule has 0 aromatic heterocycles. The Morgan fingerprint density at radius 2 is 0.745 bits per heavy atom. The highest BCUT2D eigenvalue weighted by Crippen LogP contribution is 2.00. The van der Waals surface area contributed by atoms with E-state index in [4.69, 9.17) is 35.0 Å². The minimum absolute atomic E-state index is 0. The number of carbonyl (C=O) groups excluding carboxylic acids is 4. The summed E-state index contributed by atoms with van der Waals surface area (Å²) < 4.78 is 10.1. The maximum Gasteiger partial charge on any atom is 0.361 e. The van der Waals surface area contributed by atoms with Crippen LogP contribution in [0.5, 0.6) is 0 Å². The molecule has 16 nitrogen and oxygen atoms in total. The molecule has 0 amide bonds. The Morgan fingerprint density at radius 3 is 0.882 bits per heavy atom. The lowest BCUT2D eigenvalue weighted by Crippen LogP contribution is -2.28. The Balaban J connectivity index is -0.0000000950. The molecule has 0 heterocycles. The molecule has 51 heavy (non-hydrogen) atoms. The highest BCUT2D eigenvalue weighted by Gasteiger charge is 2.17. The van der Waals surface area contributed by atoms with Crippen molar-refractivity contribution in [2.75, 3.05) is 13.2 Å². The zero-order valence-electron chi connectivity index (χ0n) is 31.1. The van der Waals surface area contributed by atoms with E-state index in [0.717, 1.165) is 44.9 Å². The van der Waals surface area contributed by atoms with Crippen molar-refractivity contribution >= 4 is 86.6 Å². The predicted octanol–water partition coefficient (Wildman–Crippen LogP) is 3.06. The molecule has 0 radical (unpaired) electrons. The van der Waals surface area contributed by atoms with Gasteiger partial charge in [-0.25, -0.2) is 4.79 Å². The second kappa shape index (κ2) is 49.1. The molecule has 0 rings (SSSR count). The SMILES string of the molecule is CC(=O)CC(=O)O.CCCC(=O)CC(=O)O.CCCC(=O)CC(=O)O.CCCC(=O)CC(=O)O.CCCCOC(OCCCC)C(=O)O.[AlH3].[CH3][AlH2]. The molecule has 0 aromatic carbocycles. The fraction of sp³-hybridized carbons (Fsp3) is 0.727. The molecule has 0 aromatic rings. The molecule has 0 atom stereocenters. The van der Waals surface area contributed by atoms with Gasteiger partial charge in [0, 0.05) is 19.3 Å². The second-order valence-electron chi connectivity index (χ2n) is 9.97. The largest absolute Gasteiger partial charge is 0.481 e. The van der Waals surface area contributed by atoms with E-state index in [1.807, 2.05) is 34.6 Å². The predicted molar refractivity (Wildman–Crippen MR) is 197 cm³/mol. The summed E-state index contributed by atoms with van der Waals surface area (Å²) in [5.41, 5.74) is 0. The Kier molecular flexibility index (Phi) is 60.8. The fourth-order valence-electron chi connectivity index (χ4n) is 2.68. The van der Waals surface area contributed by atoms with Gasteiger partial charge in [0.1, 0.15) is 48.8 Å². The maximum atomic E-state index is 10.6. The molecule has 0 aliphatic heterocycles. The molecule has 0 unspecified atom stereocenters. The van der Waals surface area contributed by atoms with Gasteiger partial charge in [0.2, 0.25) is 16.3 Å². The van der Waals surface area contributed by atoms with E-state index >= 15 is 0 Å². The van der Waals surface area contributed by atoms with Crippen LogP contribution in [0.3, 0.4) is 0 Å². The van der Waals surface area contributed by atoms with Gasteiger partial charge in [0.05, 0.1) is 13.2 Å². The van der Waals surface area contributed by atoms with E-state index in [9.17, 15) is 43.2 Å². The highest BCUT2D eigenvalue weighted by atomic mass is 27.0. The van der Waals surface area contributed by atoms with Crippen LogP contribution >= 0.6 is 0 Å². The Bertz CT molecular complexity index is 862. The van der Waals surface area contributed by atoms with Crippen LogP contribution in [0.25, 0.3) is 0 Å². The summed E-state index contributed by atoms with van der Waals surface area (Å²) in [5.74, 6) is -3.95. The van der Waals surface area contributed by atoms with Crippen LogP contribution in [0, 0.1) is 0 Å². The number of Topliss-reactive ketones (excluding diaryl/α,β-unsaturated/α-hetero) is 4. The van der Waals surface area contributed by atoms with Crippen molar-refractivity contribution in [3.63, 3.8) is 0 Å². The van der Waals surface area contributed by atoms with Crippen LogP contribution in [-0.4, -0.2) is 132 Å². The van der Waals surface area contributed by atoms with Crippen molar-refractivity contribution in [2.45, 2.75) is 144 Å². The van der Waals surface area contributed by atoms with Crippen molar-refractivity contribution in [3.05, 3.63) is 0 Å². The number of hydrogen-bond acceptors (Lipinski definition) is 11.